The molecule has 37 heavy (non-hydrogen) atoms. The van der Waals surface area contributed by atoms with E-state index < -0.39 is 23.7 Å². The van der Waals surface area contributed by atoms with Crippen LogP contribution in [0.5, 0.6) is 5.75 Å². The van der Waals surface area contributed by atoms with E-state index in [1.54, 1.807) is 12.1 Å². The zero-order valence-electron chi connectivity index (χ0n) is 19.7. The summed E-state index contributed by atoms with van der Waals surface area (Å²) in [5.74, 6) is -0.374. The van der Waals surface area contributed by atoms with Crippen LogP contribution in [0.1, 0.15) is 30.9 Å². The molecule has 0 aliphatic carbocycles. The molecule has 1 heterocycles. The van der Waals surface area contributed by atoms with Gasteiger partial charge in [0.2, 0.25) is 0 Å². The molecular weight excluding hydrogens is 513 g/mol. The lowest BCUT2D eigenvalue weighted by molar-refractivity contribution is -0.0498. The van der Waals surface area contributed by atoms with E-state index in [4.69, 9.17) is 0 Å². The number of hydrogen-bond acceptors (Lipinski definition) is 4. The lowest BCUT2D eigenvalue weighted by atomic mass is 9.77. The van der Waals surface area contributed by atoms with Crippen LogP contribution in [0.15, 0.2) is 88.9 Å². The number of thioether (sulfide) groups is 1. The van der Waals surface area contributed by atoms with Crippen molar-refractivity contribution in [2.45, 2.75) is 42.3 Å². The molecule has 11 heteroatoms. The second-order valence-corrected chi connectivity index (χ2v) is 9.84. The minimum atomic E-state index is -4.41. The second-order valence-electron chi connectivity index (χ2n) is 8.70. The van der Waals surface area contributed by atoms with Gasteiger partial charge in [-0.3, -0.25) is 0 Å². The Balaban J connectivity index is 1.63. The molecule has 5 nitrogen and oxygen atoms in total. The van der Waals surface area contributed by atoms with Crippen molar-refractivity contribution in [3.05, 3.63) is 90.0 Å². The first-order valence-corrected chi connectivity index (χ1v) is 11.9. The average molecular weight is 536 g/mol. The SMILES string of the molecule is CC1(C)C(c2ccccc2)C(c2ccc(OC(F)F)cc2)=NN1C(=O)Nc1ccc(SC(F)(F)F)cc1. The van der Waals surface area contributed by atoms with Crippen molar-refractivity contribution in [1.29, 1.82) is 0 Å². The molecule has 3 aromatic rings. The Bertz CT molecular complexity index is 1260. The molecule has 1 atom stereocenters. The van der Waals surface area contributed by atoms with Crippen molar-refractivity contribution < 1.29 is 31.5 Å². The van der Waals surface area contributed by atoms with Gasteiger partial charge in [-0.15, -0.1) is 0 Å². The van der Waals surface area contributed by atoms with Crippen LogP contribution in [0, 0.1) is 0 Å². The molecular formula is C26H22F5N3O2S. The van der Waals surface area contributed by atoms with E-state index in [-0.39, 0.29) is 28.3 Å². The van der Waals surface area contributed by atoms with E-state index in [0.29, 0.717) is 17.0 Å². The van der Waals surface area contributed by atoms with Crippen LogP contribution < -0.4 is 10.1 Å². The summed E-state index contributed by atoms with van der Waals surface area (Å²) in [6, 6.07) is 20.2. The zero-order valence-corrected chi connectivity index (χ0v) is 20.5. The fraction of sp³-hybridized carbons (Fsp3) is 0.231. The maximum atomic E-state index is 13.3. The summed E-state index contributed by atoms with van der Waals surface area (Å²) in [5, 5.41) is 8.60. The molecule has 1 N–H and O–H groups in total. The number of ether oxygens (including phenoxy) is 1. The summed E-state index contributed by atoms with van der Waals surface area (Å²) >= 11 is -0.242. The van der Waals surface area contributed by atoms with Gasteiger partial charge in [-0.2, -0.15) is 27.1 Å². The van der Waals surface area contributed by atoms with Gasteiger partial charge in [-0.25, -0.2) is 9.80 Å². The highest BCUT2D eigenvalue weighted by atomic mass is 32.2. The number of anilines is 1. The molecule has 0 saturated heterocycles. The Hall–Kier alpha value is -3.60. The summed E-state index contributed by atoms with van der Waals surface area (Å²) in [5.41, 5.74) is -2.90. The third-order valence-electron chi connectivity index (χ3n) is 5.77. The number of alkyl halides is 5. The molecule has 0 saturated carbocycles. The highest BCUT2D eigenvalue weighted by Gasteiger charge is 2.48. The van der Waals surface area contributed by atoms with Gasteiger partial charge < -0.3 is 10.1 Å². The molecule has 1 unspecified atom stereocenters. The smallest absolute Gasteiger partial charge is 0.435 e. The number of nitrogens with one attached hydrogen (secondary N) is 1. The monoisotopic (exact) mass is 535 g/mol. The topological polar surface area (TPSA) is 53.9 Å². The van der Waals surface area contributed by atoms with Crippen LogP contribution in [-0.2, 0) is 0 Å². The standard InChI is InChI=1S/C26H22F5N3O2S/c1-25(2)21(16-6-4-3-5-7-16)22(17-8-12-19(13-9-17)36-23(27)28)33-34(25)24(35)32-18-10-14-20(15-11-18)37-26(29,30)31/h3-15,21,23H,1-2H3,(H,32,35). The molecule has 0 aromatic heterocycles. The van der Waals surface area contributed by atoms with Crippen molar-refractivity contribution >= 4 is 29.2 Å². The normalized spacial score (nSPS) is 17.0. The Morgan fingerprint density at radius 2 is 1.62 bits per heavy atom. The van der Waals surface area contributed by atoms with Crippen LogP contribution in [0.3, 0.4) is 0 Å². The van der Waals surface area contributed by atoms with Gasteiger partial charge in [0.05, 0.1) is 17.2 Å². The van der Waals surface area contributed by atoms with Crippen molar-refractivity contribution in [1.82, 2.24) is 5.01 Å². The molecule has 1 aliphatic rings. The van der Waals surface area contributed by atoms with E-state index in [0.717, 1.165) is 5.56 Å². The van der Waals surface area contributed by atoms with Crippen LogP contribution in [0.4, 0.5) is 32.4 Å². The van der Waals surface area contributed by atoms with Gasteiger partial charge >= 0.3 is 18.2 Å². The summed E-state index contributed by atoms with van der Waals surface area (Å²) in [4.78, 5) is 13.3. The first-order valence-electron chi connectivity index (χ1n) is 11.1. The van der Waals surface area contributed by atoms with Gasteiger partial charge in [0.25, 0.3) is 0 Å². The summed E-state index contributed by atoms with van der Waals surface area (Å²) in [6.07, 6.45) is 0. The van der Waals surface area contributed by atoms with E-state index in [1.165, 1.54) is 41.4 Å². The quantitative estimate of drug-likeness (QED) is 0.260. The molecule has 0 radical (unpaired) electrons. The van der Waals surface area contributed by atoms with E-state index in [1.807, 2.05) is 44.2 Å². The molecule has 4 rings (SSSR count). The van der Waals surface area contributed by atoms with Crippen LogP contribution >= 0.6 is 11.8 Å². The largest absolute Gasteiger partial charge is 0.446 e. The molecule has 1 aliphatic heterocycles. The van der Waals surface area contributed by atoms with Gasteiger partial charge in [0, 0.05) is 10.6 Å². The van der Waals surface area contributed by atoms with Gasteiger partial charge in [-0.1, -0.05) is 30.3 Å². The maximum Gasteiger partial charge on any atom is 0.446 e. The number of amides is 2. The highest BCUT2D eigenvalue weighted by molar-refractivity contribution is 8.00. The third-order valence-corrected chi connectivity index (χ3v) is 6.51. The maximum absolute atomic E-state index is 13.3. The minimum Gasteiger partial charge on any atom is -0.435 e. The number of benzene rings is 3. The lowest BCUT2D eigenvalue weighted by Crippen LogP contribution is -2.46. The molecule has 3 aromatic carbocycles. The zero-order chi connectivity index (χ0) is 26.8. The predicted octanol–water partition coefficient (Wildman–Crippen LogP) is 7.71. The van der Waals surface area contributed by atoms with Crippen molar-refractivity contribution in [2.24, 2.45) is 5.10 Å². The van der Waals surface area contributed by atoms with Crippen molar-refractivity contribution in [3.8, 4) is 5.75 Å². The fourth-order valence-electron chi connectivity index (χ4n) is 4.22. The van der Waals surface area contributed by atoms with Gasteiger partial charge in [0.15, 0.2) is 0 Å². The van der Waals surface area contributed by atoms with Gasteiger partial charge in [-0.05, 0) is 85.3 Å². The predicted molar refractivity (Wildman–Crippen MR) is 132 cm³/mol. The second kappa shape index (κ2) is 10.4. The molecule has 2 amide bonds. The third kappa shape index (κ3) is 6.22. The van der Waals surface area contributed by atoms with Crippen LogP contribution in [0.2, 0.25) is 0 Å². The van der Waals surface area contributed by atoms with Crippen LogP contribution in [-0.4, -0.2) is 34.4 Å². The van der Waals surface area contributed by atoms with Crippen molar-refractivity contribution in [3.63, 3.8) is 0 Å². The first kappa shape index (κ1) is 26.5. The number of hydrogen-bond donors (Lipinski definition) is 1. The molecule has 0 spiro atoms. The number of rotatable bonds is 6. The van der Waals surface area contributed by atoms with E-state index >= 15 is 0 Å². The van der Waals surface area contributed by atoms with E-state index in [2.05, 4.69) is 15.2 Å². The highest BCUT2D eigenvalue weighted by Crippen LogP contribution is 2.42. The minimum absolute atomic E-state index is 0.00396. The molecule has 0 fully saturated rings. The summed E-state index contributed by atoms with van der Waals surface area (Å²) in [7, 11) is 0. The number of hydrazone groups is 1. The summed E-state index contributed by atoms with van der Waals surface area (Å²) < 4.78 is 67.4. The number of carbonyl (C=O) groups is 1. The average Bonchev–Trinajstić information content (AvgIpc) is 3.11. The number of nitrogens with zero attached hydrogens (tertiary/aromatic N) is 2. The Morgan fingerprint density at radius 3 is 2.19 bits per heavy atom. The first-order chi connectivity index (χ1) is 17.4. The van der Waals surface area contributed by atoms with Crippen molar-refractivity contribution in [2.75, 3.05) is 5.32 Å². The Kier molecular flexibility index (Phi) is 7.44. The van der Waals surface area contributed by atoms with Gasteiger partial charge in [0.1, 0.15) is 5.75 Å². The number of carbonyl (C=O) groups excluding carboxylic acids is 1. The number of urea groups is 1. The Labute approximate surface area is 214 Å². The molecule has 194 valence electrons. The summed E-state index contributed by atoms with van der Waals surface area (Å²) in [6.45, 7) is 0.738. The number of halogens is 5. The Morgan fingerprint density at radius 1 is 1.00 bits per heavy atom. The lowest BCUT2D eigenvalue weighted by Gasteiger charge is -2.34. The van der Waals surface area contributed by atoms with E-state index in [9.17, 15) is 26.7 Å². The molecule has 0 bridgehead atoms. The van der Waals surface area contributed by atoms with Crippen LogP contribution in [0.25, 0.3) is 0 Å². The fourth-order valence-corrected chi connectivity index (χ4v) is 4.76.